The second-order valence-electron chi connectivity index (χ2n) is 8.70. The van der Waals surface area contributed by atoms with Crippen LogP contribution in [0.25, 0.3) is 6.08 Å². The summed E-state index contributed by atoms with van der Waals surface area (Å²) < 4.78 is 13.4. The molecule has 1 aliphatic rings. The van der Waals surface area contributed by atoms with Crippen LogP contribution in [0, 0.1) is 0 Å². The largest absolute Gasteiger partial charge is 0.489 e. The lowest BCUT2D eigenvalue weighted by Gasteiger charge is -2.24. The van der Waals surface area contributed by atoms with Crippen LogP contribution >= 0.6 is 22.9 Å². The fourth-order valence-corrected chi connectivity index (χ4v) is 5.51. The second kappa shape index (κ2) is 11.2. The van der Waals surface area contributed by atoms with Crippen molar-refractivity contribution in [3.05, 3.63) is 132 Å². The Balaban J connectivity index is 1.55. The van der Waals surface area contributed by atoms with E-state index in [4.69, 9.17) is 21.1 Å². The number of fused-ring (bicyclic) bond motifs is 1. The van der Waals surface area contributed by atoms with E-state index in [0.29, 0.717) is 38.0 Å². The molecule has 1 aliphatic heterocycles. The molecule has 0 bridgehead atoms. The lowest BCUT2D eigenvalue weighted by molar-refractivity contribution is -0.139. The Morgan fingerprint density at radius 2 is 1.84 bits per heavy atom. The molecule has 0 saturated carbocycles. The molecule has 0 aliphatic carbocycles. The molecular formula is C30H25ClN2O4S. The first-order valence-corrected chi connectivity index (χ1v) is 13.4. The SMILES string of the molecule is CCOC(=O)C1=C(C)N=c2s/c(=C\c3cccc(OCc4ccccc4)c3)c(=O)n2C1c1ccc(Cl)cc1. The van der Waals surface area contributed by atoms with E-state index in [0.717, 1.165) is 16.7 Å². The normalized spacial score (nSPS) is 15.1. The first kappa shape index (κ1) is 25.7. The van der Waals surface area contributed by atoms with E-state index in [1.807, 2.05) is 72.8 Å². The smallest absolute Gasteiger partial charge is 0.338 e. The summed E-state index contributed by atoms with van der Waals surface area (Å²) in [5, 5.41) is 0.564. The zero-order valence-corrected chi connectivity index (χ0v) is 22.5. The van der Waals surface area contributed by atoms with Gasteiger partial charge in [-0.3, -0.25) is 9.36 Å². The summed E-state index contributed by atoms with van der Waals surface area (Å²) in [4.78, 5) is 31.9. The van der Waals surface area contributed by atoms with Gasteiger partial charge in [0, 0.05) is 5.02 Å². The van der Waals surface area contributed by atoms with Crippen LogP contribution in [0.1, 0.15) is 36.6 Å². The van der Waals surface area contributed by atoms with Crippen LogP contribution < -0.4 is 19.6 Å². The molecule has 3 aromatic carbocycles. The molecule has 5 rings (SSSR count). The summed E-state index contributed by atoms with van der Waals surface area (Å²) in [6.45, 7) is 4.18. The molecule has 0 fully saturated rings. The Bertz CT molecular complexity index is 1690. The molecular weight excluding hydrogens is 520 g/mol. The van der Waals surface area contributed by atoms with Gasteiger partial charge in [-0.2, -0.15) is 0 Å². The van der Waals surface area contributed by atoms with Gasteiger partial charge in [-0.15, -0.1) is 0 Å². The predicted molar refractivity (Wildman–Crippen MR) is 149 cm³/mol. The zero-order valence-electron chi connectivity index (χ0n) is 20.9. The molecule has 192 valence electrons. The summed E-state index contributed by atoms with van der Waals surface area (Å²) in [5.41, 5.74) is 3.26. The number of carbonyl (C=O) groups is 1. The highest BCUT2D eigenvalue weighted by atomic mass is 35.5. The van der Waals surface area contributed by atoms with E-state index < -0.39 is 12.0 Å². The summed E-state index contributed by atoms with van der Waals surface area (Å²) in [6, 6.07) is 24.0. The quantitative estimate of drug-likeness (QED) is 0.306. The van der Waals surface area contributed by atoms with E-state index in [1.54, 1.807) is 30.5 Å². The molecule has 1 aromatic heterocycles. The molecule has 6 nitrogen and oxygen atoms in total. The Hall–Kier alpha value is -3.94. The van der Waals surface area contributed by atoms with Gasteiger partial charge in [0.2, 0.25) is 0 Å². The number of rotatable bonds is 7. The van der Waals surface area contributed by atoms with Crippen LogP contribution in [0.2, 0.25) is 5.02 Å². The number of allylic oxidation sites excluding steroid dienone is 1. The highest BCUT2D eigenvalue weighted by molar-refractivity contribution is 7.07. The number of benzene rings is 3. The molecule has 8 heteroatoms. The van der Waals surface area contributed by atoms with Crippen LogP contribution in [-0.4, -0.2) is 17.1 Å². The minimum atomic E-state index is -0.676. The molecule has 0 spiro atoms. The van der Waals surface area contributed by atoms with Gasteiger partial charge >= 0.3 is 5.97 Å². The summed E-state index contributed by atoms with van der Waals surface area (Å²) >= 11 is 7.40. The van der Waals surface area contributed by atoms with Gasteiger partial charge < -0.3 is 9.47 Å². The summed E-state index contributed by atoms with van der Waals surface area (Å²) in [6.07, 6.45) is 1.82. The maximum Gasteiger partial charge on any atom is 0.338 e. The van der Waals surface area contributed by atoms with E-state index in [-0.39, 0.29) is 12.2 Å². The number of thiazole rings is 1. The van der Waals surface area contributed by atoms with Crippen LogP contribution in [-0.2, 0) is 16.1 Å². The second-order valence-corrected chi connectivity index (χ2v) is 10.1. The molecule has 0 saturated heterocycles. The van der Waals surface area contributed by atoms with Gasteiger partial charge in [-0.25, -0.2) is 9.79 Å². The number of halogens is 1. The molecule has 0 radical (unpaired) electrons. The Morgan fingerprint density at radius 3 is 2.58 bits per heavy atom. The van der Waals surface area contributed by atoms with Gasteiger partial charge in [0.15, 0.2) is 4.80 Å². The van der Waals surface area contributed by atoms with Crippen molar-refractivity contribution in [3.63, 3.8) is 0 Å². The number of aromatic nitrogens is 1. The van der Waals surface area contributed by atoms with Gasteiger partial charge in [0.05, 0.1) is 28.5 Å². The Kier molecular flexibility index (Phi) is 7.58. The maximum absolute atomic E-state index is 13.7. The number of hydrogen-bond acceptors (Lipinski definition) is 6. The van der Waals surface area contributed by atoms with E-state index in [9.17, 15) is 9.59 Å². The molecule has 38 heavy (non-hydrogen) atoms. The predicted octanol–water partition coefficient (Wildman–Crippen LogP) is 5.03. The monoisotopic (exact) mass is 544 g/mol. The third kappa shape index (κ3) is 5.35. The van der Waals surface area contributed by atoms with Crippen LogP contribution in [0.15, 0.2) is 99.9 Å². The first-order valence-electron chi connectivity index (χ1n) is 12.2. The number of ether oxygens (including phenoxy) is 2. The van der Waals surface area contributed by atoms with E-state index >= 15 is 0 Å². The lowest BCUT2D eigenvalue weighted by Crippen LogP contribution is -2.39. The average Bonchev–Trinajstić information content (AvgIpc) is 3.22. The zero-order chi connectivity index (χ0) is 26.6. The highest BCUT2D eigenvalue weighted by Crippen LogP contribution is 2.31. The van der Waals surface area contributed by atoms with Crippen molar-refractivity contribution in [2.45, 2.75) is 26.5 Å². The standard InChI is InChI=1S/C30H25ClN2O4S/c1-3-36-29(35)26-19(2)32-30-33(27(26)22-12-14-23(31)15-13-22)28(34)25(38-30)17-21-10-7-11-24(16-21)37-18-20-8-5-4-6-9-20/h4-17,27H,3,18H2,1-2H3/b25-17-. The topological polar surface area (TPSA) is 69.9 Å². The molecule has 2 heterocycles. The number of hydrogen-bond donors (Lipinski definition) is 0. The third-order valence-corrected chi connectivity index (χ3v) is 7.34. The molecule has 0 N–H and O–H groups in total. The molecule has 0 amide bonds. The van der Waals surface area contributed by atoms with Crippen LogP contribution in [0.3, 0.4) is 0 Å². The minimum absolute atomic E-state index is 0.218. The average molecular weight is 545 g/mol. The van der Waals surface area contributed by atoms with Crippen molar-refractivity contribution >= 4 is 35.0 Å². The summed E-state index contributed by atoms with van der Waals surface area (Å²) in [7, 11) is 0. The summed E-state index contributed by atoms with van der Waals surface area (Å²) in [5.74, 6) is 0.209. The Labute approximate surface area is 228 Å². The van der Waals surface area contributed by atoms with E-state index in [1.165, 1.54) is 11.3 Å². The fourth-order valence-electron chi connectivity index (χ4n) is 4.34. The molecule has 1 unspecified atom stereocenters. The highest BCUT2D eigenvalue weighted by Gasteiger charge is 2.33. The molecule has 4 aromatic rings. The van der Waals surface area contributed by atoms with Crippen molar-refractivity contribution in [1.82, 2.24) is 4.57 Å². The van der Waals surface area contributed by atoms with Crippen molar-refractivity contribution in [2.75, 3.05) is 6.61 Å². The minimum Gasteiger partial charge on any atom is -0.489 e. The van der Waals surface area contributed by atoms with Crippen molar-refractivity contribution in [3.8, 4) is 5.75 Å². The van der Waals surface area contributed by atoms with Crippen molar-refractivity contribution in [1.29, 1.82) is 0 Å². The molecule has 1 atom stereocenters. The van der Waals surface area contributed by atoms with E-state index in [2.05, 4.69) is 4.99 Å². The van der Waals surface area contributed by atoms with Crippen molar-refractivity contribution in [2.24, 2.45) is 4.99 Å². The van der Waals surface area contributed by atoms with Crippen LogP contribution in [0.4, 0.5) is 0 Å². The Morgan fingerprint density at radius 1 is 1.08 bits per heavy atom. The maximum atomic E-state index is 13.7. The third-order valence-electron chi connectivity index (χ3n) is 6.11. The van der Waals surface area contributed by atoms with Gasteiger partial charge in [-0.05, 0) is 60.9 Å². The van der Waals surface area contributed by atoms with Gasteiger partial charge in [-0.1, -0.05) is 77.5 Å². The van der Waals surface area contributed by atoms with Crippen LogP contribution in [0.5, 0.6) is 5.75 Å². The number of nitrogens with zero attached hydrogens (tertiary/aromatic N) is 2. The fraction of sp³-hybridized carbons (Fsp3) is 0.167. The van der Waals surface area contributed by atoms with Gasteiger partial charge in [0.25, 0.3) is 5.56 Å². The number of esters is 1. The van der Waals surface area contributed by atoms with Gasteiger partial charge in [0.1, 0.15) is 12.4 Å². The lowest BCUT2D eigenvalue weighted by atomic mass is 9.96. The number of carbonyl (C=O) groups excluding carboxylic acids is 1. The van der Waals surface area contributed by atoms with Crippen molar-refractivity contribution < 1.29 is 14.3 Å². The first-order chi connectivity index (χ1) is 18.4.